The summed E-state index contributed by atoms with van der Waals surface area (Å²) in [6.07, 6.45) is 6.59. The smallest absolute Gasteiger partial charge is 0.328 e. The van der Waals surface area contributed by atoms with Crippen LogP contribution < -0.4 is 15.4 Å². The van der Waals surface area contributed by atoms with Crippen LogP contribution in [-0.4, -0.2) is 49.0 Å². The molecule has 4 rings (SSSR count). The molecule has 0 saturated heterocycles. The van der Waals surface area contributed by atoms with Crippen molar-refractivity contribution in [2.45, 2.75) is 62.7 Å². The molecule has 1 aliphatic carbocycles. The van der Waals surface area contributed by atoms with E-state index >= 15 is 0 Å². The average Bonchev–Trinajstić information content (AvgIpc) is 2.93. The Kier molecular flexibility index (Phi) is 9.61. The van der Waals surface area contributed by atoms with E-state index in [0.29, 0.717) is 32.4 Å². The minimum atomic E-state index is -4.02. The molecule has 0 bridgehead atoms. The Balaban J connectivity index is 1.18. The van der Waals surface area contributed by atoms with Crippen LogP contribution in [0.5, 0.6) is 0 Å². The van der Waals surface area contributed by atoms with Gasteiger partial charge in [-0.1, -0.05) is 42.5 Å². The van der Waals surface area contributed by atoms with Crippen molar-refractivity contribution in [3.8, 4) is 0 Å². The molecule has 1 aromatic heterocycles. The summed E-state index contributed by atoms with van der Waals surface area (Å²) in [5.41, 5.74) is 2.91. The molecule has 0 atom stereocenters. The molecule has 3 N–H and O–H groups in total. The van der Waals surface area contributed by atoms with Gasteiger partial charge < -0.3 is 15.4 Å². The van der Waals surface area contributed by atoms with E-state index in [0.717, 1.165) is 29.7 Å². The van der Waals surface area contributed by atoms with Crippen molar-refractivity contribution in [1.82, 2.24) is 25.3 Å². The van der Waals surface area contributed by atoms with Crippen molar-refractivity contribution >= 4 is 22.0 Å². The van der Waals surface area contributed by atoms with Gasteiger partial charge in [0.25, 0.3) is 15.9 Å². The van der Waals surface area contributed by atoms with Crippen molar-refractivity contribution in [1.29, 1.82) is 0 Å². The van der Waals surface area contributed by atoms with Crippen LogP contribution in [-0.2, 0) is 27.8 Å². The summed E-state index contributed by atoms with van der Waals surface area (Å²) in [5.74, 6) is -0.329. The fourth-order valence-corrected chi connectivity index (χ4v) is 5.23. The van der Waals surface area contributed by atoms with Crippen molar-refractivity contribution in [2.24, 2.45) is 0 Å². The van der Waals surface area contributed by atoms with E-state index < -0.39 is 16.1 Å². The zero-order chi connectivity index (χ0) is 27.7. The second kappa shape index (κ2) is 13.3. The normalized spacial score (nSPS) is 17.3. The highest BCUT2D eigenvalue weighted by Crippen LogP contribution is 2.22. The molecule has 1 heterocycles. The zero-order valence-electron chi connectivity index (χ0n) is 21.8. The maximum Gasteiger partial charge on any atom is 0.328 e. The van der Waals surface area contributed by atoms with Gasteiger partial charge in [-0.05, 0) is 62.3 Å². The molecule has 0 unspecified atom stereocenters. The van der Waals surface area contributed by atoms with Crippen LogP contribution in [0.15, 0.2) is 71.9 Å². The number of urea groups is 1. The number of nitrogens with zero attached hydrogens (tertiary/aromatic N) is 2. The van der Waals surface area contributed by atoms with Gasteiger partial charge in [0, 0.05) is 18.8 Å². The Hall–Kier alpha value is -3.83. The van der Waals surface area contributed by atoms with Crippen LogP contribution in [0.3, 0.4) is 0 Å². The lowest BCUT2D eigenvalue weighted by Gasteiger charge is -2.29. The molecule has 2 aromatic carbocycles. The van der Waals surface area contributed by atoms with E-state index in [9.17, 15) is 18.0 Å². The largest absolute Gasteiger partial charge is 0.374 e. The minimum Gasteiger partial charge on any atom is -0.374 e. The van der Waals surface area contributed by atoms with Crippen molar-refractivity contribution in [2.75, 3.05) is 6.54 Å². The summed E-state index contributed by atoms with van der Waals surface area (Å²) >= 11 is 0. The molecule has 3 aromatic rings. The molecule has 1 fully saturated rings. The third kappa shape index (κ3) is 8.59. The molecule has 3 amide bonds. The lowest BCUT2D eigenvalue weighted by Crippen LogP contribution is -2.46. The average molecular weight is 552 g/mol. The lowest BCUT2D eigenvalue weighted by atomic mass is 9.93. The number of hydrogen-bond acceptors (Lipinski definition) is 7. The number of rotatable bonds is 10. The van der Waals surface area contributed by atoms with E-state index in [2.05, 4.69) is 25.3 Å². The SMILES string of the molecule is Cc1cnc(C(=O)NCCc2ccc(S(=O)(=O)NC(=O)NC3CCC(OCc4ccccc4)CC3)cc2)cn1. The molecule has 11 heteroatoms. The van der Waals surface area contributed by atoms with Crippen molar-refractivity contribution in [3.05, 3.63) is 89.5 Å². The van der Waals surface area contributed by atoms with Crippen LogP contribution in [0.25, 0.3) is 0 Å². The van der Waals surface area contributed by atoms with Gasteiger partial charge in [-0.25, -0.2) is 22.9 Å². The van der Waals surface area contributed by atoms with Gasteiger partial charge >= 0.3 is 6.03 Å². The van der Waals surface area contributed by atoms with E-state index in [1.54, 1.807) is 19.1 Å². The topological polar surface area (TPSA) is 139 Å². The first-order valence-corrected chi connectivity index (χ1v) is 14.4. The summed E-state index contributed by atoms with van der Waals surface area (Å²) in [6, 6.07) is 15.3. The van der Waals surface area contributed by atoms with Gasteiger partial charge in [-0.15, -0.1) is 0 Å². The molecular weight excluding hydrogens is 518 g/mol. The van der Waals surface area contributed by atoms with Crippen LogP contribution in [0.1, 0.15) is 53.0 Å². The Bertz CT molecular complexity index is 1340. The first-order chi connectivity index (χ1) is 18.8. The molecule has 0 radical (unpaired) electrons. The van der Waals surface area contributed by atoms with Gasteiger partial charge in [-0.3, -0.25) is 9.78 Å². The Morgan fingerprint density at radius 3 is 2.31 bits per heavy atom. The fourth-order valence-electron chi connectivity index (χ4n) is 4.31. The number of sulfonamides is 1. The van der Waals surface area contributed by atoms with Gasteiger partial charge in [0.15, 0.2) is 0 Å². The number of amides is 3. The maximum atomic E-state index is 12.7. The highest BCUT2D eigenvalue weighted by atomic mass is 32.2. The summed E-state index contributed by atoms with van der Waals surface area (Å²) in [7, 11) is -4.02. The number of aryl methyl sites for hydroxylation is 1. The standard InChI is InChI=1S/C28H33N5O5S/c1-20-17-31-26(18-30-20)27(34)29-16-15-21-7-13-25(14-8-21)39(36,37)33-28(35)32-23-9-11-24(12-10-23)38-19-22-5-3-2-4-6-22/h2-8,13-14,17-18,23-24H,9-12,15-16,19H2,1H3,(H,29,34)(H2,32,33,35). The molecule has 206 valence electrons. The van der Waals surface area contributed by atoms with E-state index in [1.807, 2.05) is 30.3 Å². The summed E-state index contributed by atoms with van der Waals surface area (Å²) < 4.78 is 33.5. The maximum absolute atomic E-state index is 12.7. The van der Waals surface area contributed by atoms with E-state index in [1.165, 1.54) is 24.5 Å². The van der Waals surface area contributed by atoms with Crippen LogP contribution in [0, 0.1) is 6.92 Å². The molecule has 39 heavy (non-hydrogen) atoms. The molecular formula is C28H33N5O5S. The van der Waals surface area contributed by atoms with Gasteiger partial charge in [0.2, 0.25) is 0 Å². The molecule has 1 saturated carbocycles. The van der Waals surface area contributed by atoms with Crippen molar-refractivity contribution in [3.63, 3.8) is 0 Å². The molecule has 0 aliphatic heterocycles. The third-order valence-electron chi connectivity index (χ3n) is 6.51. The van der Waals surface area contributed by atoms with Gasteiger partial charge in [0.1, 0.15) is 5.69 Å². The monoisotopic (exact) mass is 551 g/mol. The second-order valence-corrected chi connectivity index (χ2v) is 11.2. The predicted octanol–water partition coefficient (Wildman–Crippen LogP) is 3.27. The molecule has 1 aliphatic rings. The predicted molar refractivity (Wildman–Crippen MR) is 145 cm³/mol. The number of ether oxygens (including phenoxy) is 1. The van der Waals surface area contributed by atoms with Gasteiger partial charge in [0.05, 0.1) is 29.5 Å². The number of nitrogens with one attached hydrogen (secondary N) is 3. The van der Waals surface area contributed by atoms with Crippen LogP contribution >= 0.6 is 0 Å². The van der Waals surface area contributed by atoms with E-state index in [-0.39, 0.29) is 28.6 Å². The molecule has 10 nitrogen and oxygen atoms in total. The van der Waals surface area contributed by atoms with Crippen LogP contribution in [0.2, 0.25) is 0 Å². The van der Waals surface area contributed by atoms with Gasteiger partial charge in [-0.2, -0.15) is 0 Å². The molecule has 0 spiro atoms. The van der Waals surface area contributed by atoms with E-state index in [4.69, 9.17) is 4.74 Å². The number of carbonyl (C=O) groups is 2. The third-order valence-corrected chi connectivity index (χ3v) is 7.86. The number of aromatic nitrogens is 2. The lowest BCUT2D eigenvalue weighted by molar-refractivity contribution is 0.0121. The summed E-state index contributed by atoms with van der Waals surface area (Å²) in [6.45, 7) is 2.69. The Morgan fingerprint density at radius 2 is 1.64 bits per heavy atom. The number of hydrogen-bond donors (Lipinski definition) is 3. The quantitative estimate of drug-likeness (QED) is 0.351. The highest BCUT2D eigenvalue weighted by Gasteiger charge is 2.25. The van der Waals surface area contributed by atoms with Crippen LogP contribution in [0.4, 0.5) is 4.79 Å². The number of benzene rings is 2. The first-order valence-electron chi connectivity index (χ1n) is 12.9. The zero-order valence-corrected chi connectivity index (χ0v) is 22.6. The fraction of sp³-hybridized carbons (Fsp3) is 0.357. The second-order valence-electron chi connectivity index (χ2n) is 9.54. The Morgan fingerprint density at radius 1 is 0.923 bits per heavy atom. The highest BCUT2D eigenvalue weighted by molar-refractivity contribution is 7.90. The first kappa shape index (κ1) is 28.2. The summed E-state index contributed by atoms with van der Waals surface area (Å²) in [4.78, 5) is 32.6. The number of carbonyl (C=O) groups excluding carboxylic acids is 2. The Labute approximate surface area is 228 Å². The minimum absolute atomic E-state index is 0.0154. The van der Waals surface area contributed by atoms with Crippen molar-refractivity contribution < 1.29 is 22.7 Å². The summed E-state index contributed by atoms with van der Waals surface area (Å²) in [5, 5.41) is 5.53.